The van der Waals surface area contributed by atoms with E-state index in [1.807, 2.05) is 13.0 Å². The SMILES string of the molecule is CCC(=O)NC1CC1.Oc1ccccc1. The summed E-state index contributed by atoms with van der Waals surface area (Å²) in [7, 11) is 0. The maximum absolute atomic E-state index is 10.6. The lowest BCUT2D eigenvalue weighted by Gasteiger charge is -1.96. The van der Waals surface area contributed by atoms with Gasteiger partial charge in [-0.3, -0.25) is 4.79 Å². The van der Waals surface area contributed by atoms with Crippen molar-refractivity contribution in [3.8, 4) is 5.75 Å². The van der Waals surface area contributed by atoms with Crippen LogP contribution in [0.5, 0.6) is 5.75 Å². The third-order valence-electron chi connectivity index (χ3n) is 2.02. The Kier molecular flexibility index (Phi) is 4.68. The normalized spacial score (nSPS) is 13.7. The fourth-order valence-electron chi connectivity index (χ4n) is 0.985. The summed E-state index contributed by atoms with van der Waals surface area (Å²) in [6.07, 6.45) is 2.99. The van der Waals surface area contributed by atoms with Crippen LogP contribution in [0.3, 0.4) is 0 Å². The van der Waals surface area contributed by atoms with Gasteiger partial charge in [0, 0.05) is 12.5 Å². The van der Waals surface area contributed by atoms with Crippen LogP contribution in [-0.2, 0) is 4.79 Å². The average Bonchev–Trinajstić information content (AvgIpc) is 3.04. The van der Waals surface area contributed by atoms with Crippen LogP contribution in [0.2, 0.25) is 0 Å². The van der Waals surface area contributed by atoms with Crippen molar-refractivity contribution in [1.82, 2.24) is 5.32 Å². The van der Waals surface area contributed by atoms with E-state index in [9.17, 15) is 4.79 Å². The number of nitrogens with one attached hydrogen (secondary N) is 1. The number of rotatable bonds is 2. The van der Waals surface area contributed by atoms with Gasteiger partial charge in [-0.15, -0.1) is 0 Å². The van der Waals surface area contributed by atoms with Crippen molar-refractivity contribution in [3.05, 3.63) is 30.3 Å². The second-order valence-corrected chi connectivity index (χ2v) is 3.53. The van der Waals surface area contributed by atoms with Crippen molar-refractivity contribution in [2.24, 2.45) is 0 Å². The first-order valence-corrected chi connectivity index (χ1v) is 5.25. The van der Waals surface area contributed by atoms with Gasteiger partial charge in [-0.2, -0.15) is 0 Å². The second-order valence-electron chi connectivity index (χ2n) is 3.53. The molecule has 0 heterocycles. The van der Waals surface area contributed by atoms with Crippen LogP contribution in [0.25, 0.3) is 0 Å². The predicted octanol–water partition coefficient (Wildman–Crippen LogP) is 2.07. The summed E-state index contributed by atoms with van der Waals surface area (Å²) in [5, 5.41) is 11.5. The number of hydrogen-bond donors (Lipinski definition) is 2. The maximum atomic E-state index is 10.6. The van der Waals surface area contributed by atoms with Gasteiger partial charge in [-0.25, -0.2) is 0 Å². The van der Waals surface area contributed by atoms with E-state index in [0.717, 1.165) is 0 Å². The lowest BCUT2D eigenvalue weighted by atomic mass is 10.3. The molecule has 15 heavy (non-hydrogen) atoms. The number of amides is 1. The summed E-state index contributed by atoms with van der Waals surface area (Å²) >= 11 is 0. The molecule has 1 aliphatic rings. The molecule has 3 heteroatoms. The Bertz CT molecular complexity index is 294. The molecule has 3 nitrogen and oxygen atoms in total. The molecule has 0 atom stereocenters. The van der Waals surface area contributed by atoms with E-state index in [-0.39, 0.29) is 5.91 Å². The smallest absolute Gasteiger partial charge is 0.219 e. The number of carbonyl (C=O) groups is 1. The van der Waals surface area contributed by atoms with E-state index < -0.39 is 0 Å². The highest BCUT2D eigenvalue weighted by Gasteiger charge is 2.21. The first-order valence-electron chi connectivity index (χ1n) is 5.25. The van der Waals surface area contributed by atoms with Gasteiger partial charge < -0.3 is 10.4 Å². The van der Waals surface area contributed by atoms with Crippen molar-refractivity contribution in [2.75, 3.05) is 0 Å². The van der Waals surface area contributed by atoms with Crippen LogP contribution in [0, 0.1) is 0 Å². The van der Waals surface area contributed by atoms with Crippen LogP contribution in [-0.4, -0.2) is 17.1 Å². The van der Waals surface area contributed by atoms with E-state index in [2.05, 4.69) is 5.32 Å². The molecule has 0 aromatic heterocycles. The predicted molar refractivity (Wildman–Crippen MR) is 59.6 cm³/mol. The van der Waals surface area contributed by atoms with Gasteiger partial charge in [0.2, 0.25) is 5.91 Å². The Labute approximate surface area is 90.1 Å². The number of hydrogen-bond acceptors (Lipinski definition) is 2. The number of phenols is 1. The van der Waals surface area contributed by atoms with E-state index >= 15 is 0 Å². The van der Waals surface area contributed by atoms with E-state index in [0.29, 0.717) is 18.2 Å². The van der Waals surface area contributed by atoms with Gasteiger partial charge in [-0.1, -0.05) is 25.1 Å². The van der Waals surface area contributed by atoms with Gasteiger partial charge >= 0.3 is 0 Å². The summed E-state index contributed by atoms with van der Waals surface area (Å²) in [5.74, 6) is 0.509. The number of aromatic hydroxyl groups is 1. The summed E-state index contributed by atoms with van der Waals surface area (Å²) in [5.41, 5.74) is 0. The molecule has 2 rings (SSSR count). The molecule has 2 N–H and O–H groups in total. The minimum atomic E-state index is 0.188. The zero-order valence-electron chi connectivity index (χ0n) is 8.94. The Balaban J connectivity index is 0.000000151. The Hall–Kier alpha value is -1.51. The van der Waals surface area contributed by atoms with Crippen molar-refractivity contribution >= 4 is 5.91 Å². The molecule has 1 aromatic rings. The largest absolute Gasteiger partial charge is 0.508 e. The second kappa shape index (κ2) is 6.06. The number of benzene rings is 1. The Morgan fingerprint density at radius 1 is 1.40 bits per heavy atom. The Morgan fingerprint density at radius 2 is 2.00 bits per heavy atom. The van der Waals surface area contributed by atoms with E-state index in [1.165, 1.54) is 12.8 Å². The highest BCUT2D eigenvalue weighted by Crippen LogP contribution is 2.18. The summed E-state index contributed by atoms with van der Waals surface area (Å²) in [6.45, 7) is 1.87. The third kappa shape index (κ3) is 5.73. The minimum absolute atomic E-state index is 0.188. The highest BCUT2D eigenvalue weighted by atomic mass is 16.3. The minimum Gasteiger partial charge on any atom is -0.508 e. The number of para-hydroxylation sites is 1. The lowest BCUT2D eigenvalue weighted by Crippen LogP contribution is -2.23. The molecule has 1 saturated carbocycles. The molecule has 0 aliphatic heterocycles. The van der Waals surface area contributed by atoms with Crippen LogP contribution in [0.1, 0.15) is 26.2 Å². The molecule has 0 spiro atoms. The molecule has 0 bridgehead atoms. The quantitative estimate of drug-likeness (QED) is 0.780. The fraction of sp³-hybridized carbons (Fsp3) is 0.417. The number of phenolic OH excluding ortho intramolecular Hbond substituents is 1. The zero-order chi connectivity index (χ0) is 11.1. The molecule has 1 fully saturated rings. The van der Waals surface area contributed by atoms with Crippen molar-refractivity contribution in [3.63, 3.8) is 0 Å². The molecule has 0 unspecified atom stereocenters. The first-order chi connectivity index (χ1) is 7.22. The molecule has 1 aromatic carbocycles. The molecular formula is C12H17NO2. The van der Waals surface area contributed by atoms with Crippen LogP contribution >= 0.6 is 0 Å². The van der Waals surface area contributed by atoms with Crippen LogP contribution < -0.4 is 5.32 Å². The molecule has 1 aliphatic carbocycles. The maximum Gasteiger partial charge on any atom is 0.219 e. The standard InChI is InChI=1S/C6H11NO.C6H6O/c1-2-6(8)7-5-3-4-5;7-6-4-2-1-3-5-6/h5H,2-4H2,1H3,(H,7,8);1-5,7H. The zero-order valence-corrected chi connectivity index (χ0v) is 8.94. The lowest BCUT2D eigenvalue weighted by molar-refractivity contribution is -0.120. The molecule has 82 valence electrons. The summed E-state index contributed by atoms with van der Waals surface area (Å²) in [6, 6.07) is 9.24. The molecule has 0 saturated heterocycles. The third-order valence-corrected chi connectivity index (χ3v) is 2.02. The fourth-order valence-corrected chi connectivity index (χ4v) is 0.985. The van der Waals surface area contributed by atoms with Crippen LogP contribution in [0.15, 0.2) is 30.3 Å². The molecular weight excluding hydrogens is 190 g/mol. The van der Waals surface area contributed by atoms with Gasteiger partial charge in [0.1, 0.15) is 5.75 Å². The highest BCUT2D eigenvalue weighted by molar-refractivity contribution is 5.76. The molecule has 0 radical (unpaired) electrons. The molecule has 1 amide bonds. The monoisotopic (exact) mass is 207 g/mol. The van der Waals surface area contributed by atoms with Gasteiger partial charge in [0.05, 0.1) is 0 Å². The summed E-state index contributed by atoms with van der Waals surface area (Å²) < 4.78 is 0. The first kappa shape index (κ1) is 11.6. The Morgan fingerprint density at radius 3 is 2.33 bits per heavy atom. The van der Waals surface area contributed by atoms with E-state index in [4.69, 9.17) is 5.11 Å². The number of carbonyl (C=O) groups excluding carboxylic acids is 1. The van der Waals surface area contributed by atoms with Crippen LogP contribution in [0.4, 0.5) is 0 Å². The summed E-state index contributed by atoms with van der Waals surface area (Å²) in [4.78, 5) is 10.6. The van der Waals surface area contributed by atoms with Gasteiger partial charge in [-0.05, 0) is 25.0 Å². The van der Waals surface area contributed by atoms with Crippen molar-refractivity contribution < 1.29 is 9.90 Å². The topological polar surface area (TPSA) is 49.3 Å². The van der Waals surface area contributed by atoms with E-state index in [1.54, 1.807) is 24.3 Å². The van der Waals surface area contributed by atoms with Gasteiger partial charge in [0.25, 0.3) is 0 Å². The van der Waals surface area contributed by atoms with Gasteiger partial charge in [0.15, 0.2) is 0 Å². The van der Waals surface area contributed by atoms with Crippen molar-refractivity contribution in [2.45, 2.75) is 32.2 Å². The van der Waals surface area contributed by atoms with Crippen molar-refractivity contribution in [1.29, 1.82) is 0 Å². The average molecular weight is 207 g/mol.